The van der Waals surface area contributed by atoms with Gasteiger partial charge in [0, 0.05) is 0 Å². The summed E-state index contributed by atoms with van der Waals surface area (Å²) < 4.78 is 0. The maximum Gasteiger partial charge on any atom is 2.00 e. The Morgan fingerprint density at radius 2 is 0.906 bits per heavy atom. The molecule has 0 radical (unpaired) electrons. The van der Waals surface area contributed by atoms with Crippen LogP contribution < -0.4 is 20.8 Å². The Kier molecular flexibility index (Phi) is 10.3. The minimum atomic E-state index is -0.385. The van der Waals surface area contributed by atoms with Crippen molar-refractivity contribution in [3.05, 3.63) is 122 Å². The molecule has 0 aromatic heterocycles. The monoisotopic (exact) mass is 482 g/mol. The van der Waals surface area contributed by atoms with Crippen LogP contribution in [0.15, 0.2) is 132 Å². The van der Waals surface area contributed by atoms with Gasteiger partial charge < -0.3 is 10.2 Å². The molecular formula is C26H21N2NiO2P. The van der Waals surface area contributed by atoms with Gasteiger partial charge in [0.2, 0.25) is 0 Å². The van der Waals surface area contributed by atoms with Crippen LogP contribution in [0, 0.1) is 0 Å². The fourth-order valence-corrected chi connectivity index (χ4v) is 4.43. The van der Waals surface area contributed by atoms with Crippen molar-refractivity contribution in [3.8, 4) is 11.5 Å². The largest absolute Gasteiger partial charge is 2.00 e. The van der Waals surface area contributed by atoms with Crippen LogP contribution in [0.1, 0.15) is 0 Å². The SMILES string of the molecule is C=CP(c1ccccc1)c1ccccc1.[Ni+2].[O-]c1ccccc1N=Nc1ccccc1[O-]. The minimum Gasteiger partial charge on any atom is -0.871 e. The zero-order valence-corrected chi connectivity index (χ0v) is 19.0. The summed E-state index contributed by atoms with van der Waals surface area (Å²) in [7, 11) is -0.385. The Labute approximate surface area is 199 Å². The molecule has 4 nitrogen and oxygen atoms in total. The van der Waals surface area contributed by atoms with Gasteiger partial charge in [0.1, 0.15) is 0 Å². The second kappa shape index (κ2) is 13.2. The molecule has 0 unspecified atom stereocenters. The fraction of sp³-hybridized carbons (Fsp3) is 0. The summed E-state index contributed by atoms with van der Waals surface area (Å²) in [4.78, 5) is 0. The Bertz CT molecular complexity index is 1050. The van der Waals surface area contributed by atoms with E-state index in [2.05, 4.69) is 71.2 Å². The second-order valence-electron chi connectivity index (χ2n) is 6.36. The van der Waals surface area contributed by atoms with Crippen LogP contribution in [0.4, 0.5) is 11.4 Å². The van der Waals surface area contributed by atoms with Gasteiger partial charge in [0.25, 0.3) is 0 Å². The van der Waals surface area contributed by atoms with Crippen molar-refractivity contribution >= 4 is 29.9 Å². The molecule has 4 rings (SSSR count). The molecule has 0 saturated heterocycles. The molecule has 32 heavy (non-hydrogen) atoms. The van der Waals surface area contributed by atoms with Crippen molar-refractivity contribution in [2.45, 2.75) is 0 Å². The number of rotatable bonds is 5. The summed E-state index contributed by atoms with van der Waals surface area (Å²) in [5, 5.41) is 32.8. The van der Waals surface area contributed by atoms with Crippen LogP contribution in [-0.2, 0) is 16.5 Å². The molecule has 0 N–H and O–H groups in total. The third-order valence-corrected chi connectivity index (χ3v) is 6.32. The zero-order valence-electron chi connectivity index (χ0n) is 17.2. The first-order valence-corrected chi connectivity index (χ1v) is 11.1. The number of hydrogen-bond donors (Lipinski definition) is 0. The maximum atomic E-state index is 11.3. The number of para-hydroxylation sites is 2. The van der Waals surface area contributed by atoms with Crippen LogP contribution in [0.3, 0.4) is 0 Å². The third kappa shape index (κ3) is 7.16. The number of azo groups is 1. The summed E-state index contributed by atoms with van der Waals surface area (Å²) >= 11 is 0. The van der Waals surface area contributed by atoms with E-state index in [1.165, 1.54) is 22.7 Å². The smallest absolute Gasteiger partial charge is 0.871 e. The van der Waals surface area contributed by atoms with Crippen LogP contribution in [0.5, 0.6) is 11.5 Å². The first kappa shape index (κ1) is 25.0. The van der Waals surface area contributed by atoms with E-state index < -0.39 is 0 Å². The Morgan fingerprint density at radius 1 is 0.562 bits per heavy atom. The van der Waals surface area contributed by atoms with Crippen molar-refractivity contribution in [2.75, 3.05) is 0 Å². The van der Waals surface area contributed by atoms with Crippen LogP contribution in [0.2, 0.25) is 0 Å². The van der Waals surface area contributed by atoms with E-state index in [0.717, 1.165) is 0 Å². The third-order valence-electron chi connectivity index (χ3n) is 4.25. The molecular weight excluding hydrogens is 462 g/mol. The summed E-state index contributed by atoms with van der Waals surface area (Å²) in [6, 6.07) is 33.6. The molecule has 0 spiro atoms. The van der Waals surface area contributed by atoms with Crippen molar-refractivity contribution < 1.29 is 26.7 Å². The molecule has 162 valence electrons. The summed E-state index contributed by atoms with van der Waals surface area (Å²) in [5.41, 5.74) is 0.455. The molecule has 0 aliphatic rings. The molecule has 6 heteroatoms. The zero-order chi connectivity index (χ0) is 21.9. The van der Waals surface area contributed by atoms with Gasteiger partial charge in [-0.1, -0.05) is 121 Å². The topological polar surface area (TPSA) is 70.8 Å². The van der Waals surface area contributed by atoms with Crippen LogP contribution >= 0.6 is 7.92 Å². The second-order valence-corrected chi connectivity index (χ2v) is 8.50. The van der Waals surface area contributed by atoms with E-state index in [4.69, 9.17) is 0 Å². The Hall–Kier alpha value is -3.26. The van der Waals surface area contributed by atoms with E-state index in [1.807, 2.05) is 12.1 Å². The van der Waals surface area contributed by atoms with Gasteiger partial charge in [-0.15, -0.1) is 0 Å². The average Bonchev–Trinajstić information content (AvgIpc) is 2.82. The predicted molar refractivity (Wildman–Crippen MR) is 125 cm³/mol. The molecule has 0 amide bonds. The number of hydrogen-bond acceptors (Lipinski definition) is 4. The average molecular weight is 483 g/mol. The first-order valence-electron chi connectivity index (χ1n) is 9.65. The minimum absolute atomic E-state index is 0. The van der Waals surface area contributed by atoms with Gasteiger partial charge >= 0.3 is 16.5 Å². The first-order chi connectivity index (χ1) is 15.2. The standard InChI is InChI=1S/C14H13P.C12H10N2O2.Ni/c1-2-15(13-9-5-3-6-10-13)14-11-7-4-8-12-14;15-11-7-3-1-5-9(11)13-14-10-6-2-4-8-12(10)16;/h2-12H,1H2;1-8,15-16H;/q;;+2/p-2. The van der Waals surface area contributed by atoms with E-state index in [1.54, 1.807) is 36.4 Å². The van der Waals surface area contributed by atoms with E-state index in [0.29, 0.717) is 0 Å². The molecule has 4 aromatic rings. The molecule has 4 aromatic carbocycles. The summed E-state index contributed by atoms with van der Waals surface area (Å²) in [5.74, 6) is 1.63. The van der Waals surface area contributed by atoms with Gasteiger partial charge in [-0.05, 0) is 30.7 Å². The molecule has 0 saturated carbocycles. The van der Waals surface area contributed by atoms with Crippen molar-refractivity contribution in [3.63, 3.8) is 0 Å². The Morgan fingerprint density at radius 3 is 1.25 bits per heavy atom. The van der Waals surface area contributed by atoms with Gasteiger partial charge in [-0.3, -0.25) is 0 Å². The van der Waals surface area contributed by atoms with Gasteiger partial charge in [-0.2, -0.15) is 10.2 Å². The summed E-state index contributed by atoms with van der Waals surface area (Å²) in [6.07, 6.45) is 0. The van der Waals surface area contributed by atoms with E-state index >= 15 is 0 Å². The quantitative estimate of drug-likeness (QED) is 0.214. The fourth-order valence-electron chi connectivity index (χ4n) is 2.72. The number of benzene rings is 4. The van der Waals surface area contributed by atoms with Crippen molar-refractivity contribution in [1.82, 2.24) is 0 Å². The van der Waals surface area contributed by atoms with Crippen molar-refractivity contribution in [1.29, 1.82) is 0 Å². The van der Waals surface area contributed by atoms with Crippen LogP contribution in [0.25, 0.3) is 0 Å². The van der Waals surface area contributed by atoms with Gasteiger partial charge in [0.15, 0.2) is 0 Å². The van der Waals surface area contributed by atoms with Gasteiger partial charge in [0.05, 0.1) is 11.4 Å². The molecule has 0 heterocycles. The molecule has 0 fully saturated rings. The van der Waals surface area contributed by atoms with Crippen LogP contribution in [-0.4, -0.2) is 0 Å². The molecule has 0 aliphatic carbocycles. The predicted octanol–water partition coefficient (Wildman–Crippen LogP) is 5.51. The maximum absolute atomic E-state index is 11.3. The van der Waals surface area contributed by atoms with E-state index in [-0.39, 0.29) is 47.3 Å². The Balaban J connectivity index is 0.000000220. The van der Waals surface area contributed by atoms with Crippen molar-refractivity contribution in [2.24, 2.45) is 10.2 Å². The summed E-state index contributed by atoms with van der Waals surface area (Å²) in [6.45, 7) is 3.94. The normalized spacial score (nSPS) is 10.2. The molecule has 0 atom stereocenters. The number of nitrogens with zero attached hydrogens (tertiary/aromatic N) is 2. The molecule has 0 aliphatic heterocycles. The molecule has 0 bridgehead atoms. The van der Waals surface area contributed by atoms with E-state index in [9.17, 15) is 10.2 Å². The van der Waals surface area contributed by atoms with Gasteiger partial charge in [-0.25, -0.2) is 0 Å².